The van der Waals surface area contributed by atoms with E-state index in [0.717, 1.165) is 17.9 Å². The third-order valence-electron chi connectivity index (χ3n) is 4.67. The van der Waals surface area contributed by atoms with Crippen molar-refractivity contribution < 1.29 is 0 Å². The molecule has 0 spiro atoms. The summed E-state index contributed by atoms with van der Waals surface area (Å²) in [6.07, 6.45) is 11.4. The fourth-order valence-corrected chi connectivity index (χ4v) is 3.56. The van der Waals surface area contributed by atoms with E-state index >= 15 is 0 Å². The van der Waals surface area contributed by atoms with Crippen LogP contribution in [0.15, 0.2) is 0 Å². The van der Waals surface area contributed by atoms with Crippen molar-refractivity contribution in [2.75, 3.05) is 5.73 Å². The molecule has 1 heterocycles. The Morgan fingerprint density at radius 2 is 1.81 bits per heavy atom. The summed E-state index contributed by atoms with van der Waals surface area (Å²) in [6.45, 7) is 8.97. The van der Waals surface area contributed by atoms with Crippen LogP contribution >= 0.6 is 0 Å². The number of nitrogens with zero attached hydrogens (tertiary/aromatic N) is 2. The van der Waals surface area contributed by atoms with Crippen molar-refractivity contribution in [2.24, 2.45) is 0 Å². The van der Waals surface area contributed by atoms with Crippen molar-refractivity contribution in [1.29, 1.82) is 0 Å². The molecule has 2 N–H and O–H groups in total. The zero-order valence-corrected chi connectivity index (χ0v) is 14.4. The van der Waals surface area contributed by atoms with E-state index in [-0.39, 0.29) is 5.54 Å². The van der Waals surface area contributed by atoms with Crippen LogP contribution in [0.3, 0.4) is 0 Å². The summed E-state index contributed by atoms with van der Waals surface area (Å²) in [5.74, 6) is 2.78. The summed E-state index contributed by atoms with van der Waals surface area (Å²) >= 11 is 0. The van der Waals surface area contributed by atoms with Crippen molar-refractivity contribution in [3.63, 3.8) is 0 Å². The van der Waals surface area contributed by atoms with Crippen LogP contribution in [0.2, 0.25) is 0 Å². The van der Waals surface area contributed by atoms with Gasteiger partial charge in [-0.15, -0.1) is 0 Å². The molecular formula is C18H33N3. The minimum atomic E-state index is 0.0207. The predicted octanol–water partition coefficient (Wildman–Crippen LogP) is 5.00. The maximum Gasteiger partial charge on any atom is 0.127 e. The highest BCUT2D eigenvalue weighted by Crippen LogP contribution is 2.37. The fourth-order valence-electron chi connectivity index (χ4n) is 3.56. The molecular weight excluding hydrogens is 258 g/mol. The smallest absolute Gasteiger partial charge is 0.127 e. The van der Waals surface area contributed by atoms with Gasteiger partial charge in [-0.2, -0.15) is 0 Å². The SMILES string of the molecule is CCCCCc1nc(C2CCCCC2)n(C(C)(C)C)c1N. The van der Waals surface area contributed by atoms with Crippen LogP contribution in [0.25, 0.3) is 0 Å². The van der Waals surface area contributed by atoms with Gasteiger partial charge >= 0.3 is 0 Å². The van der Waals surface area contributed by atoms with Crippen LogP contribution in [0.4, 0.5) is 5.82 Å². The number of aryl methyl sites for hydroxylation is 1. The van der Waals surface area contributed by atoms with Crippen molar-refractivity contribution in [2.45, 2.75) is 96.9 Å². The second-order valence-electron chi connectivity index (χ2n) is 7.60. The highest BCUT2D eigenvalue weighted by atomic mass is 15.2. The first-order valence-corrected chi connectivity index (χ1v) is 8.82. The second-order valence-corrected chi connectivity index (χ2v) is 7.60. The molecule has 120 valence electrons. The molecule has 3 heteroatoms. The molecule has 1 fully saturated rings. The van der Waals surface area contributed by atoms with E-state index < -0.39 is 0 Å². The molecule has 3 nitrogen and oxygen atoms in total. The van der Waals surface area contributed by atoms with E-state index in [1.807, 2.05) is 0 Å². The van der Waals surface area contributed by atoms with Crippen LogP contribution in [-0.2, 0) is 12.0 Å². The average Bonchev–Trinajstić information content (AvgIpc) is 2.77. The predicted molar refractivity (Wildman–Crippen MR) is 90.7 cm³/mol. The van der Waals surface area contributed by atoms with Gasteiger partial charge in [-0.05, 0) is 46.5 Å². The topological polar surface area (TPSA) is 43.8 Å². The van der Waals surface area contributed by atoms with Gasteiger partial charge in [0.1, 0.15) is 11.6 Å². The normalized spacial score (nSPS) is 17.3. The minimum Gasteiger partial charge on any atom is -0.384 e. The quantitative estimate of drug-likeness (QED) is 0.776. The maximum atomic E-state index is 6.48. The molecule has 0 aromatic carbocycles. The first-order chi connectivity index (χ1) is 9.95. The molecule has 0 aliphatic heterocycles. The van der Waals surface area contributed by atoms with E-state index in [1.165, 1.54) is 57.2 Å². The number of hydrogen-bond acceptors (Lipinski definition) is 2. The van der Waals surface area contributed by atoms with Gasteiger partial charge in [-0.1, -0.05) is 39.0 Å². The maximum absolute atomic E-state index is 6.48. The largest absolute Gasteiger partial charge is 0.384 e. The van der Waals surface area contributed by atoms with Gasteiger partial charge in [0.15, 0.2) is 0 Å². The lowest BCUT2D eigenvalue weighted by molar-refractivity contribution is 0.349. The van der Waals surface area contributed by atoms with Gasteiger partial charge in [0, 0.05) is 11.5 Å². The van der Waals surface area contributed by atoms with E-state index in [4.69, 9.17) is 10.7 Å². The summed E-state index contributed by atoms with van der Waals surface area (Å²) in [4.78, 5) is 5.01. The van der Waals surface area contributed by atoms with E-state index in [2.05, 4.69) is 32.3 Å². The molecule has 0 amide bonds. The summed E-state index contributed by atoms with van der Waals surface area (Å²) < 4.78 is 2.32. The highest BCUT2D eigenvalue weighted by molar-refractivity contribution is 5.40. The van der Waals surface area contributed by atoms with Crippen molar-refractivity contribution in [1.82, 2.24) is 9.55 Å². The lowest BCUT2D eigenvalue weighted by Crippen LogP contribution is -2.27. The Balaban J connectivity index is 2.30. The molecule has 0 saturated heterocycles. The summed E-state index contributed by atoms with van der Waals surface area (Å²) in [7, 11) is 0. The standard InChI is InChI=1S/C18H33N3/c1-5-6-8-13-15-16(19)21(18(2,3)4)17(20-15)14-11-9-7-10-12-14/h14H,5-13,19H2,1-4H3. The summed E-state index contributed by atoms with van der Waals surface area (Å²) in [5, 5.41) is 0. The first kappa shape index (κ1) is 16.4. The molecule has 1 aromatic heterocycles. The summed E-state index contributed by atoms with van der Waals surface area (Å²) in [5.41, 5.74) is 7.64. The van der Waals surface area contributed by atoms with Crippen LogP contribution < -0.4 is 5.73 Å². The molecule has 2 rings (SSSR count). The Hall–Kier alpha value is -0.990. The zero-order valence-electron chi connectivity index (χ0n) is 14.4. The van der Waals surface area contributed by atoms with E-state index in [1.54, 1.807) is 0 Å². The van der Waals surface area contributed by atoms with Crippen LogP contribution in [0, 0.1) is 0 Å². The van der Waals surface area contributed by atoms with Gasteiger partial charge in [0.25, 0.3) is 0 Å². The van der Waals surface area contributed by atoms with Gasteiger partial charge in [-0.25, -0.2) is 4.98 Å². The Morgan fingerprint density at radius 1 is 1.14 bits per heavy atom. The second kappa shape index (κ2) is 6.85. The molecule has 1 aromatic rings. The lowest BCUT2D eigenvalue weighted by Gasteiger charge is -2.29. The van der Waals surface area contributed by atoms with Crippen molar-refractivity contribution >= 4 is 5.82 Å². The number of rotatable bonds is 5. The van der Waals surface area contributed by atoms with Gasteiger partial charge < -0.3 is 10.3 Å². The molecule has 0 unspecified atom stereocenters. The number of aromatic nitrogens is 2. The van der Waals surface area contributed by atoms with Gasteiger partial charge in [0.05, 0.1) is 5.69 Å². The lowest BCUT2D eigenvalue weighted by atomic mass is 9.88. The minimum absolute atomic E-state index is 0.0207. The number of hydrogen-bond donors (Lipinski definition) is 1. The third-order valence-corrected chi connectivity index (χ3v) is 4.67. The van der Waals surface area contributed by atoms with Crippen molar-refractivity contribution in [3.8, 4) is 0 Å². The number of anilines is 1. The fraction of sp³-hybridized carbons (Fsp3) is 0.833. The molecule has 0 radical (unpaired) electrons. The first-order valence-electron chi connectivity index (χ1n) is 8.82. The van der Waals surface area contributed by atoms with Crippen molar-refractivity contribution in [3.05, 3.63) is 11.5 Å². The Labute approximate surface area is 130 Å². The Kier molecular flexibility index (Phi) is 5.34. The molecule has 0 atom stereocenters. The van der Waals surface area contributed by atoms with E-state index in [9.17, 15) is 0 Å². The Morgan fingerprint density at radius 3 is 2.38 bits per heavy atom. The molecule has 1 aliphatic carbocycles. The third kappa shape index (κ3) is 3.81. The Bertz CT molecular complexity index is 448. The molecule has 1 aliphatic rings. The van der Waals surface area contributed by atoms with Crippen LogP contribution in [-0.4, -0.2) is 9.55 Å². The van der Waals surface area contributed by atoms with E-state index in [0.29, 0.717) is 5.92 Å². The van der Waals surface area contributed by atoms with Crippen LogP contribution in [0.5, 0.6) is 0 Å². The monoisotopic (exact) mass is 291 g/mol. The van der Waals surface area contributed by atoms with Crippen LogP contribution in [0.1, 0.15) is 96.5 Å². The molecule has 0 bridgehead atoms. The van der Waals surface area contributed by atoms with Gasteiger partial charge in [-0.3, -0.25) is 0 Å². The zero-order chi connectivity index (χ0) is 15.5. The summed E-state index contributed by atoms with van der Waals surface area (Å²) in [6, 6.07) is 0. The number of nitrogen functional groups attached to an aromatic ring is 1. The molecule has 21 heavy (non-hydrogen) atoms. The average molecular weight is 291 g/mol. The number of unbranched alkanes of at least 4 members (excludes halogenated alkanes) is 2. The van der Waals surface area contributed by atoms with Gasteiger partial charge in [0.2, 0.25) is 0 Å². The molecule has 1 saturated carbocycles. The highest BCUT2D eigenvalue weighted by Gasteiger charge is 2.29. The number of imidazole rings is 1. The number of nitrogens with two attached hydrogens (primary N) is 1.